The fourth-order valence-electron chi connectivity index (χ4n) is 0.813. The average molecular weight is 256 g/mol. The summed E-state index contributed by atoms with van der Waals surface area (Å²) in [4.78, 5) is 15.4. The number of nitrogens with one attached hydrogen (secondary N) is 2. The lowest BCUT2D eigenvalue weighted by molar-refractivity contribution is 0.156. The van der Waals surface area contributed by atoms with E-state index in [1.807, 2.05) is 0 Å². The second kappa shape index (κ2) is 5.64. The summed E-state index contributed by atoms with van der Waals surface area (Å²) >= 11 is 5.60. The number of carbonyl (C=O) groups is 1. The van der Waals surface area contributed by atoms with Gasteiger partial charge in [-0.2, -0.15) is 0 Å². The van der Waals surface area contributed by atoms with Gasteiger partial charge in [0, 0.05) is 31.9 Å². The molecule has 0 spiro atoms. The van der Waals surface area contributed by atoms with Crippen molar-refractivity contribution < 1.29 is 9.90 Å². The molecule has 0 saturated carbocycles. The molecule has 1 aliphatic rings. The van der Waals surface area contributed by atoms with Gasteiger partial charge in [-0.3, -0.25) is 20.7 Å². The molecule has 0 radical (unpaired) electrons. The molecule has 7 nitrogen and oxygen atoms in total. The molecular formula is C6H11Cl2N5O2. The van der Waals surface area contributed by atoms with Crippen LogP contribution in [0.2, 0.25) is 0 Å². The summed E-state index contributed by atoms with van der Waals surface area (Å²) in [5.41, 5.74) is 5.21. The van der Waals surface area contributed by atoms with Gasteiger partial charge in [0.2, 0.25) is 0 Å². The number of rotatable bonds is 1. The molecule has 0 aromatic carbocycles. The predicted molar refractivity (Wildman–Crippen MR) is 58.4 cm³/mol. The molecule has 15 heavy (non-hydrogen) atoms. The lowest BCUT2D eigenvalue weighted by atomic mass is 10.4. The molecule has 0 atom stereocenters. The molecule has 9 heteroatoms. The van der Waals surface area contributed by atoms with Crippen LogP contribution < -0.4 is 10.9 Å². The number of hydrogen-bond acceptors (Lipinski definition) is 4. The first-order valence-electron chi connectivity index (χ1n) is 3.69. The van der Waals surface area contributed by atoms with Crippen molar-refractivity contribution in [3.05, 3.63) is 11.9 Å². The summed E-state index contributed by atoms with van der Waals surface area (Å²) in [5, 5.41) is 8.70. The lowest BCUT2D eigenvalue weighted by Crippen LogP contribution is -2.51. The molecule has 1 rings (SSSR count). The Morgan fingerprint density at radius 2 is 2.27 bits per heavy atom. The van der Waals surface area contributed by atoms with Crippen LogP contribution in [-0.4, -0.2) is 40.7 Å². The third kappa shape index (κ3) is 3.46. The number of hydrazine groups is 2. The first-order chi connectivity index (χ1) is 6.54. The Morgan fingerprint density at radius 3 is 2.73 bits per heavy atom. The number of nitrogens with zero attached hydrogens (tertiary/aromatic N) is 3. The number of aliphatic imine (C=N–C) groups is 1. The van der Waals surface area contributed by atoms with Crippen molar-refractivity contribution in [2.24, 2.45) is 4.99 Å². The predicted octanol–water partition coefficient (Wildman–Crippen LogP) is 0.366. The molecule has 1 heterocycles. The van der Waals surface area contributed by atoms with E-state index in [0.29, 0.717) is 11.7 Å². The van der Waals surface area contributed by atoms with E-state index in [1.54, 1.807) is 7.05 Å². The summed E-state index contributed by atoms with van der Waals surface area (Å²) < 4.78 is 0.997. The number of hydrogen-bond donors (Lipinski definition) is 3. The minimum absolute atomic E-state index is 0. The highest BCUT2D eigenvalue weighted by atomic mass is 35.5. The van der Waals surface area contributed by atoms with Crippen LogP contribution in [0.25, 0.3) is 0 Å². The molecule has 1 aliphatic heterocycles. The minimum Gasteiger partial charge on any atom is -0.465 e. The van der Waals surface area contributed by atoms with Crippen molar-refractivity contribution in [1.82, 2.24) is 20.4 Å². The van der Waals surface area contributed by atoms with Gasteiger partial charge in [0.05, 0.1) is 0 Å². The Morgan fingerprint density at radius 1 is 1.67 bits per heavy atom. The number of amides is 1. The smallest absolute Gasteiger partial charge is 0.412 e. The lowest BCUT2D eigenvalue weighted by Gasteiger charge is -2.28. The molecule has 0 aromatic heterocycles. The maximum atomic E-state index is 10.6. The number of amidine groups is 1. The molecule has 0 unspecified atom stereocenters. The molecule has 1 amide bonds. The molecule has 0 aliphatic carbocycles. The third-order valence-electron chi connectivity index (χ3n) is 1.59. The van der Waals surface area contributed by atoms with Crippen molar-refractivity contribution in [3.63, 3.8) is 0 Å². The van der Waals surface area contributed by atoms with E-state index in [9.17, 15) is 4.79 Å². The van der Waals surface area contributed by atoms with Gasteiger partial charge in [0.1, 0.15) is 11.7 Å². The SMILES string of the molecule is CN=C1C=C(N(C)C(=O)O)NN(Cl)N1.Cl. The van der Waals surface area contributed by atoms with E-state index in [0.717, 1.165) is 9.54 Å². The summed E-state index contributed by atoms with van der Waals surface area (Å²) in [5.74, 6) is 0.772. The molecular weight excluding hydrogens is 245 g/mol. The zero-order valence-corrected chi connectivity index (χ0v) is 9.63. The van der Waals surface area contributed by atoms with E-state index in [4.69, 9.17) is 16.9 Å². The minimum atomic E-state index is -1.09. The zero-order chi connectivity index (χ0) is 10.7. The highest BCUT2D eigenvalue weighted by Crippen LogP contribution is 2.04. The van der Waals surface area contributed by atoms with Gasteiger partial charge in [-0.05, 0) is 4.64 Å². The number of halogens is 2. The summed E-state index contributed by atoms with van der Waals surface area (Å²) in [6.07, 6.45) is 0.429. The molecule has 0 aromatic rings. The standard InChI is InChI=1S/C6H10ClN5O2.ClH/c1-8-4-3-5(10-12(7)9-4)11(2)6(13)14;/h3,10H,1-2H3,(H,8,9)(H,13,14);1H. The van der Waals surface area contributed by atoms with Gasteiger partial charge in [-0.15, -0.1) is 12.4 Å². The highest BCUT2D eigenvalue weighted by Gasteiger charge is 2.19. The summed E-state index contributed by atoms with van der Waals surface area (Å²) in [6.45, 7) is 0. The number of carboxylic acid groups (broad SMARTS) is 1. The van der Waals surface area contributed by atoms with E-state index < -0.39 is 6.09 Å². The largest absolute Gasteiger partial charge is 0.465 e. The molecule has 86 valence electrons. The van der Waals surface area contributed by atoms with Gasteiger partial charge in [0.15, 0.2) is 0 Å². The summed E-state index contributed by atoms with van der Waals surface area (Å²) in [7, 11) is 2.96. The normalized spacial score (nSPS) is 18.3. The van der Waals surface area contributed by atoms with Crippen LogP contribution in [-0.2, 0) is 0 Å². The second-order valence-electron chi connectivity index (χ2n) is 2.48. The molecule has 0 bridgehead atoms. The van der Waals surface area contributed by atoms with E-state index in [1.165, 1.54) is 13.1 Å². The average Bonchev–Trinajstić information content (AvgIpc) is 2.15. The van der Waals surface area contributed by atoms with Crippen molar-refractivity contribution in [2.45, 2.75) is 0 Å². The van der Waals surface area contributed by atoms with E-state index >= 15 is 0 Å². The maximum absolute atomic E-state index is 10.6. The Labute approximate surface area is 97.8 Å². The zero-order valence-electron chi connectivity index (χ0n) is 8.06. The van der Waals surface area contributed by atoms with Gasteiger partial charge in [-0.1, -0.05) is 0 Å². The van der Waals surface area contributed by atoms with E-state index in [2.05, 4.69) is 15.8 Å². The monoisotopic (exact) mass is 255 g/mol. The fraction of sp³-hybridized carbons (Fsp3) is 0.333. The van der Waals surface area contributed by atoms with Crippen LogP contribution in [0.15, 0.2) is 16.9 Å². The van der Waals surface area contributed by atoms with Crippen LogP contribution >= 0.6 is 24.2 Å². The quantitative estimate of drug-likeness (QED) is 0.590. The van der Waals surface area contributed by atoms with Crippen LogP contribution in [0.5, 0.6) is 0 Å². The van der Waals surface area contributed by atoms with Crippen molar-refractivity contribution in [2.75, 3.05) is 14.1 Å². The second-order valence-corrected chi connectivity index (χ2v) is 2.82. The van der Waals surface area contributed by atoms with Gasteiger partial charge in [-0.25, -0.2) is 4.79 Å². The van der Waals surface area contributed by atoms with Crippen LogP contribution in [0.4, 0.5) is 4.79 Å². The van der Waals surface area contributed by atoms with Crippen molar-refractivity contribution in [1.29, 1.82) is 0 Å². The van der Waals surface area contributed by atoms with Crippen LogP contribution in [0.3, 0.4) is 0 Å². The van der Waals surface area contributed by atoms with Gasteiger partial charge < -0.3 is 5.11 Å². The molecule has 0 saturated heterocycles. The first kappa shape index (κ1) is 13.8. The first-order valence-corrected chi connectivity index (χ1v) is 4.02. The molecule has 3 N–H and O–H groups in total. The Hall–Kier alpha value is -1.18. The Bertz CT molecular complexity index is 306. The van der Waals surface area contributed by atoms with Crippen molar-refractivity contribution >= 4 is 36.1 Å². The Kier molecular flexibility index (Phi) is 5.20. The molecule has 0 fully saturated rings. The topological polar surface area (TPSA) is 80.2 Å². The van der Waals surface area contributed by atoms with E-state index in [-0.39, 0.29) is 12.4 Å². The summed E-state index contributed by atoms with van der Waals surface area (Å²) in [6, 6.07) is 0. The van der Waals surface area contributed by atoms with Gasteiger partial charge >= 0.3 is 6.09 Å². The van der Waals surface area contributed by atoms with Gasteiger partial charge in [0.25, 0.3) is 0 Å². The third-order valence-corrected chi connectivity index (χ3v) is 1.76. The van der Waals surface area contributed by atoms with Crippen LogP contribution in [0.1, 0.15) is 0 Å². The highest BCUT2D eigenvalue weighted by molar-refractivity contribution is 6.14. The van der Waals surface area contributed by atoms with Crippen molar-refractivity contribution in [3.8, 4) is 0 Å². The fourth-order valence-corrected chi connectivity index (χ4v) is 0.986. The van der Waals surface area contributed by atoms with Crippen LogP contribution in [0, 0.1) is 0 Å². The maximum Gasteiger partial charge on any atom is 0.412 e. The Balaban J connectivity index is 0.00000196.